The van der Waals surface area contributed by atoms with Crippen molar-refractivity contribution >= 4 is 27.5 Å². The van der Waals surface area contributed by atoms with E-state index in [-0.39, 0.29) is 17.9 Å². The van der Waals surface area contributed by atoms with E-state index in [4.69, 9.17) is 0 Å². The number of nitrogens with one attached hydrogen (secondary N) is 3. The molecule has 3 N–H and O–H groups in total. The number of hydrogen-bond donors (Lipinski definition) is 3. The lowest BCUT2D eigenvalue weighted by Gasteiger charge is -2.24. The molecule has 1 aromatic carbocycles. The highest BCUT2D eigenvalue weighted by Gasteiger charge is 2.35. The standard InChI is InChI=1S/C17H22F3N3O4S/c1-10(2)14(23-16(25)21-11-7-8-28(26,27)9-11)15(24)22-13-6-4-3-5-12(13)17(18,19)20/h3-6,10-11,14H,7-9H2,1-2H3,(H,22,24)(H2,21,23,25)/t11?,14-/m0/s1. The number of halogens is 3. The minimum absolute atomic E-state index is 0.0275. The first kappa shape index (κ1) is 22.0. The molecule has 1 saturated heterocycles. The molecule has 0 saturated carbocycles. The summed E-state index contributed by atoms with van der Waals surface area (Å²) in [5.74, 6) is -1.44. The lowest BCUT2D eigenvalue weighted by molar-refractivity contribution is -0.137. The largest absolute Gasteiger partial charge is 0.418 e. The number of rotatable bonds is 5. The zero-order chi connectivity index (χ0) is 21.1. The summed E-state index contributed by atoms with van der Waals surface area (Å²) in [5, 5.41) is 7.11. The third-order valence-corrected chi connectivity index (χ3v) is 6.06. The quantitative estimate of drug-likeness (QED) is 0.678. The molecule has 11 heteroatoms. The number of anilines is 1. The highest BCUT2D eigenvalue weighted by atomic mass is 32.2. The van der Waals surface area contributed by atoms with Gasteiger partial charge in [-0.2, -0.15) is 13.2 Å². The second kappa shape index (κ2) is 8.38. The maximum absolute atomic E-state index is 13.1. The maximum atomic E-state index is 13.1. The number of alkyl halides is 3. The summed E-state index contributed by atoms with van der Waals surface area (Å²) in [5.41, 5.74) is -1.40. The number of para-hydroxylation sites is 1. The Kier molecular flexibility index (Phi) is 6.58. The Labute approximate surface area is 161 Å². The van der Waals surface area contributed by atoms with Gasteiger partial charge in [0, 0.05) is 6.04 Å². The van der Waals surface area contributed by atoms with Crippen molar-refractivity contribution in [1.82, 2.24) is 10.6 Å². The van der Waals surface area contributed by atoms with Gasteiger partial charge in [0.2, 0.25) is 5.91 Å². The highest BCUT2D eigenvalue weighted by Crippen LogP contribution is 2.34. The third-order valence-electron chi connectivity index (χ3n) is 4.29. The van der Waals surface area contributed by atoms with Crippen LogP contribution in [0.5, 0.6) is 0 Å². The summed E-state index contributed by atoms with van der Waals surface area (Å²) in [6.45, 7) is 3.25. The number of carbonyl (C=O) groups excluding carboxylic acids is 2. The van der Waals surface area contributed by atoms with Gasteiger partial charge in [-0.1, -0.05) is 26.0 Å². The summed E-state index contributed by atoms with van der Waals surface area (Å²) in [6, 6.07) is 2.11. The van der Waals surface area contributed by atoms with Crippen LogP contribution in [-0.2, 0) is 20.8 Å². The summed E-state index contributed by atoms with van der Waals surface area (Å²) < 4.78 is 62.1. The number of amides is 3. The Morgan fingerprint density at radius 3 is 2.36 bits per heavy atom. The summed E-state index contributed by atoms with van der Waals surface area (Å²) in [7, 11) is -3.19. The van der Waals surface area contributed by atoms with Gasteiger partial charge in [0.15, 0.2) is 9.84 Å². The van der Waals surface area contributed by atoms with Crippen LogP contribution >= 0.6 is 0 Å². The molecule has 0 aliphatic carbocycles. The molecule has 28 heavy (non-hydrogen) atoms. The molecule has 3 amide bonds. The molecule has 0 bridgehead atoms. The fourth-order valence-corrected chi connectivity index (χ4v) is 4.54. The minimum atomic E-state index is -4.64. The maximum Gasteiger partial charge on any atom is 0.418 e. The van der Waals surface area contributed by atoms with E-state index in [0.29, 0.717) is 0 Å². The Balaban J connectivity index is 2.06. The van der Waals surface area contributed by atoms with Crippen LogP contribution in [0.25, 0.3) is 0 Å². The second-order valence-electron chi connectivity index (χ2n) is 6.97. The SMILES string of the molecule is CC(C)[C@H](NC(=O)NC1CCS(=O)(=O)C1)C(=O)Nc1ccccc1C(F)(F)F. The fraction of sp³-hybridized carbons (Fsp3) is 0.529. The van der Waals surface area contributed by atoms with Crippen LogP contribution in [0.1, 0.15) is 25.8 Å². The van der Waals surface area contributed by atoms with Gasteiger partial charge in [-0.15, -0.1) is 0 Å². The van der Waals surface area contributed by atoms with Crippen molar-refractivity contribution < 1.29 is 31.2 Å². The van der Waals surface area contributed by atoms with Gasteiger partial charge in [0.25, 0.3) is 0 Å². The van der Waals surface area contributed by atoms with E-state index < -0.39 is 57.2 Å². The smallest absolute Gasteiger partial charge is 0.334 e. The van der Waals surface area contributed by atoms with E-state index in [1.54, 1.807) is 13.8 Å². The lowest BCUT2D eigenvalue weighted by Crippen LogP contribution is -2.52. The van der Waals surface area contributed by atoms with Crippen molar-refractivity contribution in [1.29, 1.82) is 0 Å². The van der Waals surface area contributed by atoms with Gasteiger partial charge in [-0.05, 0) is 24.5 Å². The third kappa shape index (κ3) is 5.85. The van der Waals surface area contributed by atoms with Crippen molar-refractivity contribution in [3.8, 4) is 0 Å². The van der Waals surface area contributed by atoms with Crippen LogP contribution in [0.3, 0.4) is 0 Å². The predicted molar refractivity (Wildman–Crippen MR) is 97.4 cm³/mol. The zero-order valence-corrected chi connectivity index (χ0v) is 16.2. The van der Waals surface area contributed by atoms with Gasteiger partial charge in [0.1, 0.15) is 6.04 Å². The number of hydrogen-bond acceptors (Lipinski definition) is 4. The molecule has 0 radical (unpaired) electrons. The number of carbonyl (C=O) groups is 2. The molecule has 0 aromatic heterocycles. The molecule has 2 rings (SSSR count). The number of sulfone groups is 1. The topological polar surface area (TPSA) is 104 Å². The van der Waals surface area contributed by atoms with Crippen molar-refractivity contribution in [2.45, 2.75) is 38.5 Å². The first-order chi connectivity index (χ1) is 12.9. The molecule has 1 heterocycles. The second-order valence-corrected chi connectivity index (χ2v) is 9.20. The van der Waals surface area contributed by atoms with E-state index in [1.807, 2.05) is 0 Å². The van der Waals surface area contributed by atoms with Crippen LogP contribution in [0.15, 0.2) is 24.3 Å². The first-order valence-electron chi connectivity index (χ1n) is 8.63. The molecule has 1 aliphatic rings. The van der Waals surface area contributed by atoms with Crippen LogP contribution in [0.2, 0.25) is 0 Å². The lowest BCUT2D eigenvalue weighted by atomic mass is 10.0. The molecule has 1 unspecified atom stereocenters. The van der Waals surface area contributed by atoms with Crippen molar-refractivity contribution in [2.24, 2.45) is 5.92 Å². The van der Waals surface area contributed by atoms with Gasteiger partial charge < -0.3 is 16.0 Å². The van der Waals surface area contributed by atoms with Gasteiger partial charge in [-0.3, -0.25) is 4.79 Å². The molecular weight excluding hydrogens is 399 g/mol. The average molecular weight is 421 g/mol. The van der Waals surface area contributed by atoms with Crippen LogP contribution in [0.4, 0.5) is 23.7 Å². The summed E-state index contributed by atoms with van der Waals surface area (Å²) in [4.78, 5) is 24.6. The van der Waals surface area contributed by atoms with Crippen LogP contribution in [0, 0.1) is 5.92 Å². The van der Waals surface area contributed by atoms with E-state index in [0.717, 1.165) is 12.1 Å². The van der Waals surface area contributed by atoms with E-state index >= 15 is 0 Å². The molecule has 0 spiro atoms. The average Bonchev–Trinajstić information content (AvgIpc) is 2.90. The monoisotopic (exact) mass is 421 g/mol. The molecule has 1 fully saturated rings. The summed E-state index contributed by atoms with van der Waals surface area (Å²) in [6.07, 6.45) is -4.37. The minimum Gasteiger partial charge on any atom is -0.334 e. The van der Waals surface area contributed by atoms with Gasteiger partial charge in [0.05, 0.1) is 22.8 Å². The van der Waals surface area contributed by atoms with E-state index in [9.17, 15) is 31.2 Å². The van der Waals surface area contributed by atoms with Crippen LogP contribution < -0.4 is 16.0 Å². The Bertz CT molecular complexity index is 840. The van der Waals surface area contributed by atoms with E-state index in [2.05, 4.69) is 16.0 Å². The zero-order valence-electron chi connectivity index (χ0n) is 15.3. The molecule has 2 atom stereocenters. The van der Waals surface area contributed by atoms with Gasteiger partial charge in [-0.25, -0.2) is 13.2 Å². The Morgan fingerprint density at radius 2 is 1.82 bits per heavy atom. The molecular formula is C17H22F3N3O4S. The molecule has 156 valence electrons. The van der Waals surface area contributed by atoms with Crippen molar-refractivity contribution in [3.63, 3.8) is 0 Å². The first-order valence-corrected chi connectivity index (χ1v) is 10.5. The Hall–Kier alpha value is -2.30. The highest BCUT2D eigenvalue weighted by molar-refractivity contribution is 7.91. The molecule has 1 aliphatic heterocycles. The number of benzene rings is 1. The fourth-order valence-electron chi connectivity index (χ4n) is 2.86. The van der Waals surface area contributed by atoms with Gasteiger partial charge >= 0.3 is 12.2 Å². The van der Waals surface area contributed by atoms with Crippen molar-refractivity contribution in [2.75, 3.05) is 16.8 Å². The molecule has 1 aromatic rings. The van der Waals surface area contributed by atoms with E-state index in [1.165, 1.54) is 12.1 Å². The number of urea groups is 1. The summed E-state index contributed by atoms with van der Waals surface area (Å²) >= 11 is 0. The predicted octanol–water partition coefficient (Wildman–Crippen LogP) is 2.15. The van der Waals surface area contributed by atoms with Crippen molar-refractivity contribution in [3.05, 3.63) is 29.8 Å². The van der Waals surface area contributed by atoms with Crippen LogP contribution in [-0.4, -0.2) is 43.9 Å². The molecule has 7 nitrogen and oxygen atoms in total. The Morgan fingerprint density at radius 1 is 1.18 bits per heavy atom. The normalized spacial score (nSPS) is 19.9.